The Morgan fingerprint density at radius 2 is 1.58 bits per heavy atom. The van der Waals surface area contributed by atoms with Gasteiger partial charge in [-0.05, 0) is 24.1 Å². The SMILES string of the molecule is CCc1cc(OI)cc(OI)c1. The number of rotatable bonds is 3. The molecule has 0 saturated heterocycles. The molecule has 2 nitrogen and oxygen atoms in total. The van der Waals surface area contributed by atoms with Gasteiger partial charge in [0.25, 0.3) is 0 Å². The first-order valence-corrected chi connectivity index (χ1v) is 5.27. The molecule has 0 fully saturated rings. The number of halogens is 2. The van der Waals surface area contributed by atoms with Crippen LogP contribution in [-0.2, 0) is 6.42 Å². The summed E-state index contributed by atoms with van der Waals surface area (Å²) in [5.41, 5.74) is 1.22. The zero-order valence-corrected chi connectivity index (χ0v) is 10.8. The van der Waals surface area contributed by atoms with Gasteiger partial charge in [-0.1, -0.05) is 6.92 Å². The van der Waals surface area contributed by atoms with Gasteiger partial charge in [-0.2, -0.15) is 0 Å². The second kappa shape index (κ2) is 5.11. The second-order valence-corrected chi connectivity index (χ2v) is 3.20. The molecule has 4 heteroatoms. The van der Waals surface area contributed by atoms with E-state index in [0.29, 0.717) is 0 Å². The highest BCUT2D eigenvalue weighted by Crippen LogP contribution is 2.25. The van der Waals surface area contributed by atoms with Gasteiger partial charge in [0.05, 0.1) is 0 Å². The van der Waals surface area contributed by atoms with Gasteiger partial charge in [0.1, 0.15) is 11.5 Å². The molecular weight excluding hydrogens is 382 g/mol. The van der Waals surface area contributed by atoms with E-state index in [0.717, 1.165) is 17.9 Å². The first-order valence-electron chi connectivity index (χ1n) is 3.51. The molecule has 0 spiro atoms. The monoisotopic (exact) mass is 390 g/mol. The molecule has 0 radical (unpaired) electrons. The molecule has 0 unspecified atom stereocenters. The van der Waals surface area contributed by atoms with E-state index in [1.54, 1.807) is 0 Å². The first kappa shape index (κ1) is 10.4. The van der Waals surface area contributed by atoms with Crippen LogP contribution in [0.25, 0.3) is 0 Å². The Labute approximate surface area is 100 Å². The highest BCUT2D eigenvalue weighted by atomic mass is 127. The number of hydrogen-bond donors (Lipinski definition) is 0. The quantitative estimate of drug-likeness (QED) is 0.734. The van der Waals surface area contributed by atoms with Crippen LogP contribution in [0, 0.1) is 0 Å². The lowest BCUT2D eigenvalue weighted by atomic mass is 10.1. The molecule has 0 bridgehead atoms. The van der Waals surface area contributed by atoms with E-state index in [9.17, 15) is 0 Å². The molecule has 0 aliphatic rings. The lowest BCUT2D eigenvalue weighted by Crippen LogP contribution is -1.84. The number of benzene rings is 1. The largest absolute Gasteiger partial charge is 0.428 e. The highest BCUT2D eigenvalue weighted by Gasteiger charge is 2.00. The fourth-order valence-corrected chi connectivity index (χ4v) is 1.43. The van der Waals surface area contributed by atoms with E-state index >= 15 is 0 Å². The summed E-state index contributed by atoms with van der Waals surface area (Å²) in [6.07, 6.45) is 0.987. The van der Waals surface area contributed by atoms with Crippen molar-refractivity contribution in [2.24, 2.45) is 0 Å². The normalized spacial score (nSPS) is 9.58. The molecule has 1 rings (SSSR count). The van der Waals surface area contributed by atoms with Crippen molar-refractivity contribution in [2.45, 2.75) is 13.3 Å². The smallest absolute Gasteiger partial charge is 0.192 e. The molecule has 0 atom stereocenters. The lowest BCUT2D eigenvalue weighted by molar-refractivity contribution is 0.681. The van der Waals surface area contributed by atoms with Crippen molar-refractivity contribution in [1.29, 1.82) is 0 Å². The predicted molar refractivity (Wildman–Crippen MR) is 65.1 cm³/mol. The van der Waals surface area contributed by atoms with Gasteiger partial charge >= 0.3 is 0 Å². The highest BCUT2D eigenvalue weighted by molar-refractivity contribution is 14.1. The Morgan fingerprint density at radius 3 is 1.92 bits per heavy atom. The standard InChI is InChI=1S/C8H8I2O2/c1-2-6-3-7(11-9)5-8(4-6)12-10/h3-5H,2H2,1H3. The van der Waals surface area contributed by atoms with Crippen LogP contribution in [0.5, 0.6) is 11.5 Å². The fourth-order valence-electron chi connectivity index (χ4n) is 0.924. The van der Waals surface area contributed by atoms with Crippen LogP contribution in [0.1, 0.15) is 12.5 Å². The minimum Gasteiger partial charge on any atom is -0.428 e. The third-order valence-electron chi connectivity index (χ3n) is 1.53. The first-order chi connectivity index (χ1) is 5.80. The summed E-state index contributed by atoms with van der Waals surface area (Å²) in [6, 6.07) is 5.87. The maximum absolute atomic E-state index is 5.09. The van der Waals surface area contributed by atoms with Crippen molar-refractivity contribution in [3.05, 3.63) is 23.8 Å². The van der Waals surface area contributed by atoms with E-state index < -0.39 is 0 Å². The Hall–Kier alpha value is 0.280. The molecule has 0 heterocycles. The molecule has 12 heavy (non-hydrogen) atoms. The van der Waals surface area contributed by atoms with Crippen LogP contribution in [0.2, 0.25) is 0 Å². The summed E-state index contributed by atoms with van der Waals surface area (Å²) in [5, 5.41) is 0. The molecule has 0 saturated carbocycles. The third-order valence-corrected chi connectivity index (χ3v) is 2.54. The summed E-state index contributed by atoms with van der Waals surface area (Å²) in [5.74, 6) is 1.67. The molecule has 0 aliphatic heterocycles. The minimum absolute atomic E-state index is 0.835. The topological polar surface area (TPSA) is 18.5 Å². The average molecular weight is 390 g/mol. The van der Waals surface area contributed by atoms with E-state index in [-0.39, 0.29) is 0 Å². The molecule has 1 aromatic carbocycles. The van der Waals surface area contributed by atoms with Crippen molar-refractivity contribution in [3.8, 4) is 11.5 Å². The summed E-state index contributed by atoms with van der Waals surface area (Å²) in [7, 11) is 0. The van der Waals surface area contributed by atoms with Crippen LogP contribution >= 0.6 is 46.0 Å². The molecule has 0 N–H and O–H groups in total. The Morgan fingerprint density at radius 1 is 1.08 bits per heavy atom. The van der Waals surface area contributed by atoms with E-state index in [1.807, 2.05) is 64.2 Å². The molecule has 1 aromatic rings. The summed E-state index contributed by atoms with van der Waals surface area (Å²) < 4.78 is 10.2. The predicted octanol–water partition coefficient (Wildman–Crippen LogP) is 3.71. The van der Waals surface area contributed by atoms with Crippen LogP contribution in [0.3, 0.4) is 0 Å². The molecule has 0 aromatic heterocycles. The zero-order valence-electron chi connectivity index (χ0n) is 6.51. The van der Waals surface area contributed by atoms with Crippen LogP contribution in [0.15, 0.2) is 18.2 Å². The van der Waals surface area contributed by atoms with E-state index in [1.165, 1.54) is 5.56 Å². The fraction of sp³-hybridized carbons (Fsp3) is 0.250. The van der Waals surface area contributed by atoms with Crippen molar-refractivity contribution < 1.29 is 6.13 Å². The van der Waals surface area contributed by atoms with Gasteiger partial charge in [-0.15, -0.1) is 0 Å². The second-order valence-electron chi connectivity index (χ2n) is 2.32. The maximum Gasteiger partial charge on any atom is 0.192 e. The van der Waals surface area contributed by atoms with Crippen molar-refractivity contribution >= 4 is 46.0 Å². The summed E-state index contributed by atoms with van der Waals surface area (Å²) in [6.45, 7) is 2.10. The van der Waals surface area contributed by atoms with Gasteiger partial charge in [-0.25, -0.2) is 0 Å². The van der Waals surface area contributed by atoms with Gasteiger partial charge in [0.2, 0.25) is 0 Å². The van der Waals surface area contributed by atoms with Crippen molar-refractivity contribution in [3.63, 3.8) is 0 Å². The van der Waals surface area contributed by atoms with Crippen LogP contribution < -0.4 is 6.13 Å². The zero-order chi connectivity index (χ0) is 8.97. The summed E-state index contributed by atoms with van der Waals surface area (Å²) in [4.78, 5) is 0. The molecule has 66 valence electrons. The van der Waals surface area contributed by atoms with Crippen molar-refractivity contribution in [2.75, 3.05) is 0 Å². The van der Waals surface area contributed by atoms with Gasteiger partial charge in [0, 0.05) is 6.07 Å². The Bertz CT molecular complexity index is 208. The average Bonchev–Trinajstić information content (AvgIpc) is 2.16. The van der Waals surface area contributed by atoms with Crippen LogP contribution in [0.4, 0.5) is 0 Å². The summed E-state index contributed by atoms with van der Waals surface area (Å²) >= 11 is 3.72. The van der Waals surface area contributed by atoms with E-state index in [4.69, 9.17) is 6.13 Å². The van der Waals surface area contributed by atoms with Crippen LogP contribution in [-0.4, -0.2) is 0 Å². The Kier molecular flexibility index (Phi) is 4.41. The number of hydrogen-bond acceptors (Lipinski definition) is 2. The lowest BCUT2D eigenvalue weighted by Gasteiger charge is -2.03. The molecule has 0 aliphatic carbocycles. The third kappa shape index (κ3) is 2.65. The molecule has 0 amide bonds. The molecular formula is C8H8I2O2. The van der Waals surface area contributed by atoms with Gasteiger partial charge < -0.3 is 6.13 Å². The number of aryl methyl sites for hydroxylation is 1. The maximum atomic E-state index is 5.09. The van der Waals surface area contributed by atoms with Gasteiger partial charge in [-0.3, -0.25) is 0 Å². The minimum atomic E-state index is 0.835. The van der Waals surface area contributed by atoms with E-state index in [2.05, 4.69) is 6.92 Å². The Balaban J connectivity index is 3.01. The van der Waals surface area contributed by atoms with Crippen molar-refractivity contribution in [1.82, 2.24) is 0 Å². The van der Waals surface area contributed by atoms with Gasteiger partial charge in [0.15, 0.2) is 46.0 Å².